The molecule has 0 aliphatic carbocycles. The number of aryl methyl sites for hydroxylation is 3. The highest BCUT2D eigenvalue weighted by molar-refractivity contribution is 6.08. The number of amides is 1. The minimum absolute atomic E-state index is 0.0703. The molecule has 0 spiro atoms. The van der Waals surface area contributed by atoms with Crippen LogP contribution in [0.5, 0.6) is 11.5 Å². The van der Waals surface area contributed by atoms with Crippen molar-refractivity contribution >= 4 is 17.5 Å². The molecule has 7 nitrogen and oxygen atoms in total. The number of hydrogen-bond donors (Lipinski definition) is 1. The van der Waals surface area contributed by atoms with Gasteiger partial charge in [-0.25, -0.2) is 4.68 Å². The first-order valence-electron chi connectivity index (χ1n) is 10.7. The van der Waals surface area contributed by atoms with E-state index in [1.807, 2.05) is 45.9 Å². The van der Waals surface area contributed by atoms with E-state index in [-0.39, 0.29) is 18.1 Å². The van der Waals surface area contributed by atoms with Crippen molar-refractivity contribution in [1.82, 2.24) is 9.78 Å². The van der Waals surface area contributed by atoms with E-state index in [0.29, 0.717) is 29.5 Å². The van der Waals surface area contributed by atoms with Gasteiger partial charge in [-0.1, -0.05) is 6.07 Å². The van der Waals surface area contributed by atoms with Gasteiger partial charge >= 0.3 is 0 Å². The third kappa shape index (κ3) is 3.75. The van der Waals surface area contributed by atoms with Crippen molar-refractivity contribution in [2.45, 2.75) is 40.0 Å². The van der Waals surface area contributed by atoms with E-state index in [0.717, 1.165) is 22.5 Å². The van der Waals surface area contributed by atoms with E-state index >= 15 is 0 Å². The maximum Gasteiger partial charge on any atom is 0.226 e. The summed E-state index contributed by atoms with van der Waals surface area (Å²) in [6.45, 7) is 8.33. The van der Waals surface area contributed by atoms with Crippen LogP contribution in [0.1, 0.15) is 52.0 Å². The second-order valence-corrected chi connectivity index (χ2v) is 8.00. The standard InChI is InChI=1S/C25H27N3O4/c1-6-32-20-10-8-17(12-21(20)31-5)24(30)19-13-22(29)26-25-23(19)16(4)27-28(25)18-9-7-14(2)15(3)11-18/h7-12,19H,6,13H2,1-5H3,(H,26,29). The Labute approximate surface area is 187 Å². The molecule has 1 aliphatic rings. The predicted octanol–water partition coefficient (Wildman–Crippen LogP) is 4.51. The molecule has 1 N–H and O–H groups in total. The van der Waals surface area contributed by atoms with Crippen molar-refractivity contribution in [3.8, 4) is 17.2 Å². The quantitative estimate of drug-likeness (QED) is 0.578. The lowest BCUT2D eigenvalue weighted by Gasteiger charge is -2.23. The number of hydrogen-bond acceptors (Lipinski definition) is 5. The molecule has 1 unspecified atom stereocenters. The molecule has 32 heavy (non-hydrogen) atoms. The largest absolute Gasteiger partial charge is 0.493 e. The highest BCUT2D eigenvalue weighted by Gasteiger charge is 2.36. The Balaban J connectivity index is 1.77. The second kappa shape index (κ2) is 8.49. The molecule has 7 heteroatoms. The first kappa shape index (κ1) is 21.6. The van der Waals surface area contributed by atoms with Gasteiger partial charge < -0.3 is 14.8 Å². The molecule has 1 aromatic heterocycles. The average molecular weight is 434 g/mol. The number of nitrogens with one attached hydrogen (secondary N) is 1. The molecule has 4 rings (SSSR count). The minimum atomic E-state index is -0.623. The molecular formula is C25H27N3O4. The van der Waals surface area contributed by atoms with E-state index in [9.17, 15) is 9.59 Å². The molecule has 0 radical (unpaired) electrons. The SMILES string of the molecule is CCOc1ccc(C(=O)C2CC(=O)Nc3c2c(C)nn3-c2ccc(C)c(C)c2)cc1OC. The van der Waals surface area contributed by atoms with Crippen LogP contribution in [0.2, 0.25) is 0 Å². The van der Waals surface area contributed by atoms with Gasteiger partial charge in [0.1, 0.15) is 5.82 Å². The molecule has 0 saturated carbocycles. The number of carbonyl (C=O) groups excluding carboxylic acids is 2. The zero-order valence-electron chi connectivity index (χ0n) is 19.0. The third-order valence-corrected chi connectivity index (χ3v) is 5.90. The Morgan fingerprint density at radius 1 is 1.12 bits per heavy atom. The van der Waals surface area contributed by atoms with Gasteiger partial charge in [-0.15, -0.1) is 0 Å². The van der Waals surface area contributed by atoms with Crippen molar-refractivity contribution < 1.29 is 19.1 Å². The van der Waals surface area contributed by atoms with Crippen molar-refractivity contribution in [2.24, 2.45) is 0 Å². The summed E-state index contributed by atoms with van der Waals surface area (Å²) in [4.78, 5) is 26.1. The molecular weight excluding hydrogens is 406 g/mol. The number of ketones is 1. The van der Waals surface area contributed by atoms with Crippen molar-refractivity contribution in [3.05, 3.63) is 64.3 Å². The van der Waals surface area contributed by atoms with Crippen LogP contribution in [-0.4, -0.2) is 35.2 Å². The van der Waals surface area contributed by atoms with Gasteiger partial charge in [0.2, 0.25) is 5.91 Å². The molecule has 2 heterocycles. The highest BCUT2D eigenvalue weighted by atomic mass is 16.5. The molecule has 1 amide bonds. The Kier molecular flexibility index (Phi) is 5.74. The zero-order valence-corrected chi connectivity index (χ0v) is 19.0. The Morgan fingerprint density at radius 3 is 2.59 bits per heavy atom. The van der Waals surface area contributed by atoms with Crippen LogP contribution in [0.15, 0.2) is 36.4 Å². The fraction of sp³-hybridized carbons (Fsp3) is 0.320. The lowest BCUT2D eigenvalue weighted by molar-refractivity contribution is -0.116. The van der Waals surface area contributed by atoms with Crippen LogP contribution >= 0.6 is 0 Å². The molecule has 0 bridgehead atoms. The second-order valence-electron chi connectivity index (χ2n) is 8.00. The van der Waals surface area contributed by atoms with E-state index in [1.165, 1.54) is 12.7 Å². The van der Waals surface area contributed by atoms with Gasteiger partial charge in [0.15, 0.2) is 17.3 Å². The average Bonchev–Trinajstić information content (AvgIpc) is 3.11. The van der Waals surface area contributed by atoms with Crippen LogP contribution in [0, 0.1) is 20.8 Å². The smallest absolute Gasteiger partial charge is 0.226 e. The summed E-state index contributed by atoms with van der Waals surface area (Å²) in [5, 5.41) is 7.60. The molecule has 2 aromatic carbocycles. The van der Waals surface area contributed by atoms with Crippen molar-refractivity contribution in [2.75, 3.05) is 19.0 Å². The molecule has 0 saturated heterocycles. The molecule has 166 valence electrons. The number of methoxy groups -OCH3 is 1. The lowest BCUT2D eigenvalue weighted by Crippen LogP contribution is -2.28. The van der Waals surface area contributed by atoms with E-state index in [2.05, 4.69) is 10.4 Å². The molecule has 1 aliphatic heterocycles. The summed E-state index contributed by atoms with van der Waals surface area (Å²) in [5.41, 5.74) is 5.08. The predicted molar refractivity (Wildman–Crippen MR) is 122 cm³/mol. The zero-order chi connectivity index (χ0) is 23.0. The summed E-state index contributed by atoms with van der Waals surface area (Å²) in [5.74, 6) is 0.636. The number of anilines is 1. The molecule has 1 atom stereocenters. The first-order valence-corrected chi connectivity index (χ1v) is 10.7. The highest BCUT2D eigenvalue weighted by Crippen LogP contribution is 2.39. The van der Waals surface area contributed by atoms with Crippen molar-refractivity contribution in [3.63, 3.8) is 0 Å². The van der Waals surface area contributed by atoms with Crippen LogP contribution < -0.4 is 14.8 Å². The van der Waals surface area contributed by atoms with E-state index < -0.39 is 5.92 Å². The van der Waals surface area contributed by atoms with Gasteiger partial charge in [-0.3, -0.25) is 9.59 Å². The normalized spacial score (nSPS) is 15.2. The van der Waals surface area contributed by atoms with Gasteiger partial charge in [-0.2, -0.15) is 5.10 Å². The fourth-order valence-corrected chi connectivity index (χ4v) is 4.11. The lowest BCUT2D eigenvalue weighted by atomic mass is 9.85. The topological polar surface area (TPSA) is 82.5 Å². The summed E-state index contributed by atoms with van der Waals surface area (Å²) < 4.78 is 12.7. The number of aromatic nitrogens is 2. The van der Waals surface area contributed by atoms with Crippen LogP contribution in [0.25, 0.3) is 5.69 Å². The summed E-state index contributed by atoms with van der Waals surface area (Å²) in [6.07, 6.45) is 0.0703. The first-order chi connectivity index (χ1) is 15.3. The summed E-state index contributed by atoms with van der Waals surface area (Å²) >= 11 is 0. The maximum absolute atomic E-state index is 13.5. The van der Waals surface area contributed by atoms with Crippen LogP contribution in [-0.2, 0) is 4.79 Å². The third-order valence-electron chi connectivity index (χ3n) is 5.90. The summed E-state index contributed by atoms with van der Waals surface area (Å²) in [6, 6.07) is 11.1. The molecule has 0 fully saturated rings. The Morgan fingerprint density at radius 2 is 1.91 bits per heavy atom. The fourth-order valence-electron chi connectivity index (χ4n) is 4.11. The number of ether oxygens (including phenoxy) is 2. The van der Waals surface area contributed by atoms with Gasteiger partial charge in [0.05, 0.1) is 31.0 Å². The van der Waals surface area contributed by atoms with Gasteiger partial charge in [-0.05, 0) is 69.2 Å². The Hall–Kier alpha value is -3.61. The number of rotatable bonds is 6. The number of fused-ring (bicyclic) bond motifs is 1. The number of Topliss-reactive ketones (excluding diaryl/α,β-unsaturated/α-hetero) is 1. The van der Waals surface area contributed by atoms with E-state index in [1.54, 1.807) is 22.9 Å². The van der Waals surface area contributed by atoms with Crippen molar-refractivity contribution in [1.29, 1.82) is 0 Å². The van der Waals surface area contributed by atoms with Crippen LogP contribution in [0.4, 0.5) is 5.82 Å². The van der Waals surface area contributed by atoms with Gasteiger partial charge in [0.25, 0.3) is 0 Å². The number of benzene rings is 2. The minimum Gasteiger partial charge on any atom is -0.493 e. The molecule has 3 aromatic rings. The number of carbonyl (C=O) groups is 2. The van der Waals surface area contributed by atoms with Crippen LogP contribution in [0.3, 0.4) is 0 Å². The summed E-state index contributed by atoms with van der Waals surface area (Å²) in [7, 11) is 1.54. The van der Waals surface area contributed by atoms with Gasteiger partial charge in [0, 0.05) is 17.5 Å². The Bertz CT molecular complexity index is 1210. The number of nitrogens with zero attached hydrogens (tertiary/aromatic N) is 2. The monoisotopic (exact) mass is 433 g/mol. The van der Waals surface area contributed by atoms with E-state index in [4.69, 9.17) is 9.47 Å². The maximum atomic E-state index is 13.5.